The van der Waals surface area contributed by atoms with E-state index in [9.17, 15) is 0 Å². The van der Waals surface area contributed by atoms with Gasteiger partial charge in [-0.3, -0.25) is 4.98 Å². The Bertz CT molecular complexity index is 265. The second kappa shape index (κ2) is 3.44. The monoisotopic (exact) mass is 228 g/mol. The van der Waals surface area contributed by atoms with Crippen LogP contribution in [0.15, 0.2) is 22.9 Å². The number of anilines is 1. The molecule has 0 spiro atoms. The number of nitrogens with one attached hydrogen (secondary N) is 1. The van der Waals surface area contributed by atoms with E-state index < -0.39 is 0 Å². The lowest BCUT2D eigenvalue weighted by molar-refractivity contribution is 0.633. The summed E-state index contributed by atoms with van der Waals surface area (Å²) in [6.07, 6.45) is 3.59. The van der Waals surface area contributed by atoms with Gasteiger partial charge in [-0.05, 0) is 42.8 Å². The van der Waals surface area contributed by atoms with E-state index in [1.807, 2.05) is 12.3 Å². The highest BCUT2D eigenvalue weighted by atomic mass is 79.9. The van der Waals surface area contributed by atoms with Crippen molar-refractivity contribution in [1.82, 2.24) is 4.98 Å². The maximum Gasteiger partial charge on any atom is 0.0542 e. The molecule has 1 aromatic rings. The van der Waals surface area contributed by atoms with Crippen molar-refractivity contribution in [2.75, 3.05) is 5.32 Å². The average Bonchev–Trinajstić information content (AvgIpc) is 1.82. The second-order valence-electron chi connectivity index (χ2n) is 3.77. The summed E-state index contributed by atoms with van der Waals surface area (Å²) in [7, 11) is 0. The Labute approximate surface area is 81.5 Å². The molecule has 1 rings (SSSR count). The molecule has 0 amide bonds. The topological polar surface area (TPSA) is 24.9 Å². The summed E-state index contributed by atoms with van der Waals surface area (Å²) < 4.78 is 0.997. The zero-order chi connectivity index (χ0) is 9.19. The number of hydrogen-bond acceptors (Lipinski definition) is 2. The Kier molecular flexibility index (Phi) is 2.73. The van der Waals surface area contributed by atoms with Gasteiger partial charge in [0, 0.05) is 16.2 Å². The largest absolute Gasteiger partial charge is 0.379 e. The Hall–Kier alpha value is -0.570. The van der Waals surface area contributed by atoms with E-state index >= 15 is 0 Å². The summed E-state index contributed by atoms with van der Waals surface area (Å²) in [5.41, 5.74) is 1.12. The Morgan fingerprint density at radius 2 is 2.00 bits per heavy atom. The molecule has 0 atom stereocenters. The average molecular weight is 229 g/mol. The van der Waals surface area contributed by atoms with Crippen LogP contribution in [0.5, 0.6) is 0 Å². The van der Waals surface area contributed by atoms with Gasteiger partial charge in [0.25, 0.3) is 0 Å². The fourth-order valence-corrected chi connectivity index (χ4v) is 1.28. The summed E-state index contributed by atoms with van der Waals surface area (Å²) in [6, 6.07) is 2.01. The van der Waals surface area contributed by atoms with Crippen LogP contribution in [0.25, 0.3) is 0 Å². The van der Waals surface area contributed by atoms with Crippen LogP contribution in [0.3, 0.4) is 0 Å². The predicted octanol–water partition coefficient (Wildman–Crippen LogP) is 3.05. The highest BCUT2D eigenvalue weighted by Crippen LogP contribution is 2.17. The molecule has 0 aliphatic heterocycles. The highest BCUT2D eigenvalue weighted by molar-refractivity contribution is 9.10. The molecule has 1 heterocycles. The van der Waals surface area contributed by atoms with Gasteiger partial charge in [-0.1, -0.05) is 0 Å². The number of aromatic nitrogens is 1. The highest BCUT2D eigenvalue weighted by Gasteiger charge is 2.08. The van der Waals surface area contributed by atoms with E-state index in [1.54, 1.807) is 6.20 Å². The third-order valence-electron chi connectivity index (χ3n) is 1.22. The molecule has 0 aliphatic carbocycles. The molecule has 0 aromatic carbocycles. The van der Waals surface area contributed by atoms with Gasteiger partial charge < -0.3 is 5.32 Å². The minimum atomic E-state index is 0.0858. The van der Waals surface area contributed by atoms with Crippen LogP contribution in [0.4, 0.5) is 5.69 Å². The van der Waals surface area contributed by atoms with Crippen molar-refractivity contribution in [2.45, 2.75) is 26.3 Å². The first-order chi connectivity index (χ1) is 5.47. The number of halogens is 1. The summed E-state index contributed by atoms with van der Waals surface area (Å²) in [5, 5.41) is 3.33. The van der Waals surface area contributed by atoms with Gasteiger partial charge in [-0.25, -0.2) is 0 Å². The van der Waals surface area contributed by atoms with Crippen molar-refractivity contribution in [3.05, 3.63) is 22.9 Å². The lowest BCUT2D eigenvalue weighted by atomic mass is 10.1. The lowest BCUT2D eigenvalue weighted by Crippen LogP contribution is -2.26. The van der Waals surface area contributed by atoms with Crippen LogP contribution in [0.2, 0.25) is 0 Å². The molecule has 2 nitrogen and oxygen atoms in total. The molecule has 0 bridgehead atoms. The summed E-state index contributed by atoms with van der Waals surface area (Å²) in [5.74, 6) is 0. The van der Waals surface area contributed by atoms with Crippen molar-refractivity contribution < 1.29 is 0 Å². The van der Waals surface area contributed by atoms with Gasteiger partial charge in [0.2, 0.25) is 0 Å². The molecule has 0 unspecified atom stereocenters. The van der Waals surface area contributed by atoms with Crippen molar-refractivity contribution in [1.29, 1.82) is 0 Å². The maximum atomic E-state index is 4.06. The molecule has 0 saturated carbocycles. The lowest BCUT2D eigenvalue weighted by Gasteiger charge is -2.21. The molecule has 12 heavy (non-hydrogen) atoms. The molecule has 0 aliphatic rings. The smallest absolute Gasteiger partial charge is 0.0542 e. The normalized spacial score (nSPS) is 11.3. The van der Waals surface area contributed by atoms with Crippen LogP contribution >= 0.6 is 15.9 Å². The standard InChI is InChI=1S/C9H13BrN2/c1-9(2,3)12-8-4-7(10)5-11-6-8/h4-6,12H,1-3H3. The summed E-state index contributed by atoms with van der Waals surface area (Å²) in [6.45, 7) is 6.36. The molecule has 0 fully saturated rings. The zero-order valence-corrected chi connectivity index (χ0v) is 9.14. The molecule has 1 aromatic heterocycles. The van der Waals surface area contributed by atoms with E-state index in [2.05, 4.69) is 47.0 Å². The third-order valence-corrected chi connectivity index (χ3v) is 1.66. The number of rotatable bonds is 1. The van der Waals surface area contributed by atoms with Crippen LogP contribution in [0, 0.1) is 0 Å². The Balaban J connectivity index is 2.77. The minimum Gasteiger partial charge on any atom is -0.379 e. The summed E-state index contributed by atoms with van der Waals surface area (Å²) in [4.78, 5) is 4.06. The summed E-state index contributed by atoms with van der Waals surface area (Å²) >= 11 is 3.37. The molecular formula is C9H13BrN2. The van der Waals surface area contributed by atoms with Crippen LogP contribution in [-0.2, 0) is 0 Å². The first-order valence-electron chi connectivity index (χ1n) is 3.86. The zero-order valence-electron chi connectivity index (χ0n) is 7.56. The van der Waals surface area contributed by atoms with E-state index in [-0.39, 0.29) is 5.54 Å². The SMILES string of the molecule is CC(C)(C)Nc1cncc(Br)c1. The number of pyridine rings is 1. The predicted molar refractivity (Wildman–Crippen MR) is 55.3 cm³/mol. The quantitative estimate of drug-likeness (QED) is 0.800. The van der Waals surface area contributed by atoms with E-state index in [0.29, 0.717) is 0 Å². The van der Waals surface area contributed by atoms with Crippen LogP contribution in [-0.4, -0.2) is 10.5 Å². The van der Waals surface area contributed by atoms with Crippen molar-refractivity contribution in [3.63, 3.8) is 0 Å². The fraction of sp³-hybridized carbons (Fsp3) is 0.444. The van der Waals surface area contributed by atoms with Gasteiger partial charge in [-0.2, -0.15) is 0 Å². The molecule has 1 N–H and O–H groups in total. The van der Waals surface area contributed by atoms with Crippen molar-refractivity contribution >= 4 is 21.6 Å². The van der Waals surface area contributed by atoms with Gasteiger partial charge in [0.05, 0.1) is 11.9 Å². The second-order valence-corrected chi connectivity index (χ2v) is 4.68. The molecular weight excluding hydrogens is 216 g/mol. The van der Waals surface area contributed by atoms with Crippen LogP contribution in [0.1, 0.15) is 20.8 Å². The van der Waals surface area contributed by atoms with E-state index in [1.165, 1.54) is 0 Å². The molecule has 0 saturated heterocycles. The van der Waals surface area contributed by atoms with E-state index in [4.69, 9.17) is 0 Å². The third kappa shape index (κ3) is 3.22. The van der Waals surface area contributed by atoms with Crippen molar-refractivity contribution in [3.8, 4) is 0 Å². The number of hydrogen-bond donors (Lipinski definition) is 1. The Morgan fingerprint density at radius 1 is 1.33 bits per heavy atom. The first-order valence-corrected chi connectivity index (χ1v) is 4.65. The van der Waals surface area contributed by atoms with Crippen molar-refractivity contribution in [2.24, 2.45) is 0 Å². The van der Waals surface area contributed by atoms with Crippen LogP contribution < -0.4 is 5.32 Å². The minimum absolute atomic E-state index is 0.0858. The molecule has 66 valence electrons. The maximum absolute atomic E-state index is 4.06. The van der Waals surface area contributed by atoms with Gasteiger partial charge in [-0.15, -0.1) is 0 Å². The number of nitrogens with zero attached hydrogens (tertiary/aromatic N) is 1. The van der Waals surface area contributed by atoms with Gasteiger partial charge in [0.1, 0.15) is 0 Å². The molecule has 0 radical (unpaired) electrons. The van der Waals surface area contributed by atoms with Gasteiger partial charge >= 0.3 is 0 Å². The molecule has 3 heteroatoms. The first kappa shape index (κ1) is 9.52. The fourth-order valence-electron chi connectivity index (χ4n) is 0.913. The van der Waals surface area contributed by atoms with E-state index in [0.717, 1.165) is 10.2 Å². The Morgan fingerprint density at radius 3 is 2.50 bits per heavy atom. The van der Waals surface area contributed by atoms with Gasteiger partial charge in [0.15, 0.2) is 0 Å².